The molecule has 106 valence electrons. The first-order valence-electron chi connectivity index (χ1n) is 5.95. The fraction of sp³-hybridized carbons (Fsp3) is 0.0769. The van der Waals surface area contributed by atoms with Gasteiger partial charge in [0.1, 0.15) is 12.0 Å². The van der Waals surface area contributed by atoms with E-state index in [0.717, 1.165) is 5.56 Å². The Hall–Kier alpha value is -2.67. The molecule has 3 rings (SSSR count). The van der Waals surface area contributed by atoms with Crippen molar-refractivity contribution in [1.82, 2.24) is 20.0 Å². The van der Waals surface area contributed by atoms with Gasteiger partial charge >= 0.3 is 5.97 Å². The molecule has 0 bridgehead atoms. The number of rotatable bonds is 4. The van der Waals surface area contributed by atoms with Crippen LogP contribution in [0, 0.1) is 0 Å². The Morgan fingerprint density at radius 1 is 1.33 bits per heavy atom. The van der Waals surface area contributed by atoms with Gasteiger partial charge in [0.2, 0.25) is 5.89 Å². The molecule has 2 aromatic heterocycles. The van der Waals surface area contributed by atoms with Crippen LogP contribution in [0.2, 0.25) is 5.02 Å². The van der Waals surface area contributed by atoms with Gasteiger partial charge in [0.15, 0.2) is 5.69 Å². The number of benzene rings is 1. The van der Waals surface area contributed by atoms with Gasteiger partial charge in [-0.3, -0.25) is 0 Å². The molecular weight excluding hydrogens is 296 g/mol. The van der Waals surface area contributed by atoms with E-state index in [1.165, 1.54) is 17.1 Å². The fourth-order valence-corrected chi connectivity index (χ4v) is 1.87. The maximum Gasteiger partial charge on any atom is 0.358 e. The number of carbonyl (C=O) groups is 1. The van der Waals surface area contributed by atoms with Crippen LogP contribution < -0.4 is 0 Å². The summed E-state index contributed by atoms with van der Waals surface area (Å²) in [6, 6.07) is 7.10. The molecule has 0 spiro atoms. The third kappa shape index (κ3) is 2.92. The minimum Gasteiger partial charge on any atom is -0.476 e. The van der Waals surface area contributed by atoms with Crippen LogP contribution in [-0.2, 0) is 6.54 Å². The molecule has 21 heavy (non-hydrogen) atoms. The van der Waals surface area contributed by atoms with Crippen LogP contribution in [0.1, 0.15) is 16.2 Å². The second kappa shape index (κ2) is 5.37. The van der Waals surface area contributed by atoms with Crippen LogP contribution in [0.25, 0.3) is 11.5 Å². The van der Waals surface area contributed by atoms with E-state index in [2.05, 4.69) is 15.3 Å². The first-order chi connectivity index (χ1) is 10.1. The topological polar surface area (TPSA) is 94.0 Å². The number of nitrogens with zero attached hydrogens (tertiary/aromatic N) is 4. The van der Waals surface area contributed by atoms with E-state index >= 15 is 0 Å². The van der Waals surface area contributed by atoms with Crippen molar-refractivity contribution < 1.29 is 14.3 Å². The minimum absolute atomic E-state index is 0.114. The second-order valence-corrected chi connectivity index (χ2v) is 4.69. The van der Waals surface area contributed by atoms with Crippen LogP contribution >= 0.6 is 11.6 Å². The molecule has 0 aliphatic carbocycles. The zero-order valence-electron chi connectivity index (χ0n) is 10.6. The summed E-state index contributed by atoms with van der Waals surface area (Å²) in [5.41, 5.74) is 1.30. The third-order valence-corrected chi connectivity index (χ3v) is 2.98. The predicted octanol–water partition coefficient (Wildman–Crippen LogP) is 2.33. The number of oxazole rings is 1. The molecule has 2 heterocycles. The number of aromatic carboxylic acids is 1. The highest BCUT2D eigenvalue weighted by atomic mass is 35.5. The number of hydrogen-bond acceptors (Lipinski definition) is 5. The molecule has 0 saturated heterocycles. The Morgan fingerprint density at radius 2 is 2.10 bits per heavy atom. The molecule has 0 aliphatic heterocycles. The van der Waals surface area contributed by atoms with Gasteiger partial charge < -0.3 is 9.52 Å². The number of aromatic nitrogens is 4. The van der Waals surface area contributed by atoms with Gasteiger partial charge in [0.05, 0.1) is 12.7 Å². The van der Waals surface area contributed by atoms with E-state index in [9.17, 15) is 4.79 Å². The monoisotopic (exact) mass is 304 g/mol. The molecule has 0 aliphatic rings. The van der Waals surface area contributed by atoms with Crippen LogP contribution in [0.15, 0.2) is 41.1 Å². The summed E-state index contributed by atoms with van der Waals surface area (Å²) in [6.45, 7) is 0.275. The first kappa shape index (κ1) is 13.3. The molecule has 0 amide bonds. The van der Waals surface area contributed by atoms with Crippen LogP contribution in [0.5, 0.6) is 0 Å². The lowest BCUT2D eigenvalue weighted by Gasteiger charge is -1.95. The SMILES string of the molecule is O=C(O)c1cn(Cc2coc(-c3ccc(Cl)cc3)n2)nn1. The maximum absolute atomic E-state index is 10.7. The zero-order valence-corrected chi connectivity index (χ0v) is 11.4. The van der Waals surface area contributed by atoms with Crippen LogP contribution in [0.4, 0.5) is 0 Å². The van der Waals surface area contributed by atoms with Gasteiger partial charge in [-0.15, -0.1) is 5.10 Å². The van der Waals surface area contributed by atoms with Crippen molar-refractivity contribution >= 4 is 17.6 Å². The quantitative estimate of drug-likeness (QED) is 0.795. The third-order valence-electron chi connectivity index (χ3n) is 2.72. The molecule has 8 heteroatoms. The van der Waals surface area contributed by atoms with Gasteiger partial charge in [-0.05, 0) is 24.3 Å². The highest BCUT2D eigenvalue weighted by molar-refractivity contribution is 6.30. The Balaban J connectivity index is 1.78. The fourth-order valence-electron chi connectivity index (χ4n) is 1.74. The second-order valence-electron chi connectivity index (χ2n) is 4.26. The average molecular weight is 305 g/mol. The van der Waals surface area contributed by atoms with Gasteiger partial charge in [-0.25, -0.2) is 14.5 Å². The molecule has 3 aromatic rings. The van der Waals surface area contributed by atoms with Crippen molar-refractivity contribution in [1.29, 1.82) is 0 Å². The minimum atomic E-state index is -1.12. The van der Waals surface area contributed by atoms with Crippen molar-refractivity contribution in [2.45, 2.75) is 6.54 Å². The molecule has 0 radical (unpaired) electrons. The Bertz CT molecular complexity index is 779. The van der Waals surface area contributed by atoms with E-state index in [-0.39, 0.29) is 12.2 Å². The maximum atomic E-state index is 10.7. The Labute approximate surface area is 123 Å². The molecule has 0 unspecified atom stereocenters. The molecule has 1 aromatic carbocycles. The van der Waals surface area contributed by atoms with Crippen molar-refractivity contribution in [3.8, 4) is 11.5 Å². The summed E-state index contributed by atoms with van der Waals surface area (Å²) in [5, 5.41) is 16.7. The summed E-state index contributed by atoms with van der Waals surface area (Å²) < 4.78 is 6.77. The molecule has 1 N–H and O–H groups in total. The number of carboxylic acids is 1. The lowest BCUT2D eigenvalue weighted by atomic mass is 10.2. The molecule has 0 fully saturated rings. The lowest BCUT2D eigenvalue weighted by molar-refractivity contribution is 0.0690. The van der Waals surface area contributed by atoms with Gasteiger partial charge in [-0.1, -0.05) is 16.8 Å². The Kier molecular flexibility index (Phi) is 3.41. The molecule has 7 nitrogen and oxygen atoms in total. The lowest BCUT2D eigenvalue weighted by Crippen LogP contribution is -2.00. The molecular formula is C13H9ClN4O3. The van der Waals surface area contributed by atoms with Crippen molar-refractivity contribution in [2.75, 3.05) is 0 Å². The predicted molar refractivity (Wildman–Crippen MR) is 73.0 cm³/mol. The average Bonchev–Trinajstić information content (AvgIpc) is 3.10. The van der Waals surface area contributed by atoms with Gasteiger partial charge in [-0.2, -0.15) is 0 Å². The largest absolute Gasteiger partial charge is 0.476 e. The molecule has 0 saturated carbocycles. The Morgan fingerprint density at radius 3 is 2.76 bits per heavy atom. The van der Waals surface area contributed by atoms with E-state index < -0.39 is 5.97 Å². The van der Waals surface area contributed by atoms with Crippen LogP contribution in [-0.4, -0.2) is 31.1 Å². The van der Waals surface area contributed by atoms with Crippen molar-refractivity contribution in [2.24, 2.45) is 0 Å². The van der Waals surface area contributed by atoms with Crippen molar-refractivity contribution in [3.63, 3.8) is 0 Å². The number of halogens is 1. The summed E-state index contributed by atoms with van der Waals surface area (Å²) in [6.07, 6.45) is 2.82. The first-order valence-corrected chi connectivity index (χ1v) is 6.33. The van der Waals surface area contributed by atoms with E-state index in [1.54, 1.807) is 24.3 Å². The van der Waals surface area contributed by atoms with E-state index in [1.807, 2.05) is 0 Å². The summed E-state index contributed by atoms with van der Waals surface area (Å²) >= 11 is 5.82. The van der Waals surface area contributed by atoms with Gasteiger partial charge in [0, 0.05) is 10.6 Å². The smallest absolute Gasteiger partial charge is 0.358 e. The number of hydrogen-bond donors (Lipinski definition) is 1. The van der Waals surface area contributed by atoms with Gasteiger partial charge in [0.25, 0.3) is 0 Å². The van der Waals surface area contributed by atoms with Crippen LogP contribution in [0.3, 0.4) is 0 Å². The van der Waals surface area contributed by atoms with E-state index in [4.69, 9.17) is 21.1 Å². The highest BCUT2D eigenvalue weighted by Gasteiger charge is 2.11. The van der Waals surface area contributed by atoms with Crippen molar-refractivity contribution in [3.05, 3.63) is 53.1 Å². The van der Waals surface area contributed by atoms with E-state index in [0.29, 0.717) is 16.6 Å². The molecule has 0 atom stereocenters. The summed E-state index contributed by atoms with van der Waals surface area (Å²) in [4.78, 5) is 15.0. The normalized spacial score (nSPS) is 10.7. The summed E-state index contributed by atoms with van der Waals surface area (Å²) in [5.74, 6) is -0.663. The highest BCUT2D eigenvalue weighted by Crippen LogP contribution is 2.21. The number of carboxylic acid groups (broad SMARTS) is 1. The standard InChI is InChI=1S/C13H9ClN4O3/c14-9-3-1-8(2-4-9)12-15-10(7-21-12)5-18-6-11(13(19)20)16-17-18/h1-4,6-7H,5H2,(H,19,20). The zero-order chi connectivity index (χ0) is 14.8. The summed E-state index contributed by atoms with van der Waals surface area (Å²) in [7, 11) is 0.